The molecule has 2 aromatic carbocycles. The minimum Gasteiger partial charge on any atom is -0.358 e. The Balaban J connectivity index is 1.62. The molecule has 3 rings (SSSR count). The van der Waals surface area contributed by atoms with Gasteiger partial charge in [-0.3, -0.25) is 9.59 Å². The maximum atomic E-state index is 12.5. The Labute approximate surface area is 162 Å². The second kappa shape index (κ2) is 8.73. The lowest BCUT2D eigenvalue weighted by Gasteiger charge is -2.20. The van der Waals surface area contributed by atoms with Crippen LogP contribution < -0.4 is 5.32 Å². The lowest BCUT2D eigenvalue weighted by atomic mass is 10.1. The molecule has 0 saturated heterocycles. The number of benzene rings is 2. The number of thioether (sulfide) groups is 1. The van der Waals surface area contributed by atoms with Gasteiger partial charge < -0.3 is 15.2 Å². The van der Waals surface area contributed by atoms with E-state index in [0.717, 1.165) is 27.5 Å². The molecular weight excluding hydrogens is 360 g/mol. The van der Waals surface area contributed by atoms with Crippen LogP contribution in [0.4, 0.5) is 0 Å². The zero-order chi connectivity index (χ0) is 19.2. The van der Waals surface area contributed by atoms with Crippen molar-refractivity contribution in [1.29, 1.82) is 0 Å². The molecule has 0 bridgehead atoms. The Morgan fingerprint density at radius 2 is 1.89 bits per heavy atom. The van der Waals surface area contributed by atoms with Crippen LogP contribution in [0.1, 0.15) is 22.8 Å². The maximum Gasteiger partial charge on any atom is 0.254 e. The van der Waals surface area contributed by atoms with E-state index >= 15 is 0 Å². The maximum absolute atomic E-state index is 12.5. The molecule has 6 nitrogen and oxygen atoms in total. The predicted molar refractivity (Wildman–Crippen MR) is 108 cm³/mol. The molecule has 0 aliphatic rings. The summed E-state index contributed by atoms with van der Waals surface area (Å²) in [7, 11) is 1.56. The number of nitrogens with one attached hydrogen (secondary N) is 2. The summed E-state index contributed by atoms with van der Waals surface area (Å²) < 4.78 is 0. The van der Waals surface area contributed by atoms with Crippen molar-refractivity contribution in [1.82, 2.24) is 20.2 Å². The molecule has 1 aromatic heterocycles. The molecule has 0 fully saturated rings. The lowest BCUT2D eigenvalue weighted by molar-refractivity contribution is -0.121. The second-order valence-electron chi connectivity index (χ2n) is 6.04. The van der Waals surface area contributed by atoms with Crippen molar-refractivity contribution < 1.29 is 9.59 Å². The van der Waals surface area contributed by atoms with Crippen molar-refractivity contribution in [3.8, 4) is 0 Å². The number of para-hydroxylation sites is 2. The number of carbonyl (C=O) groups is 2. The van der Waals surface area contributed by atoms with Crippen molar-refractivity contribution in [3.63, 3.8) is 0 Å². The third-order valence-electron chi connectivity index (χ3n) is 4.23. The molecule has 0 saturated carbocycles. The Kier molecular flexibility index (Phi) is 6.13. The minimum atomic E-state index is -0.177. The number of fused-ring (bicyclic) bond motifs is 1. The SMILES string of the molecule is CCN(CC(=O)NC)C(=O)c1ccc(CSc2nc3ccccc3[nH]2)cc1. The van der Waals surface area contributed by atoms with Gasteiger partial charge in [-0.05, 0) is 36.8 Å². The Bertz CT molecular complexity index is 904. The van der Waals surface area contributed by atoms with Crippen LogP contribution in [0.5, 0.6) is 0 Å². The molecule has 3 aromatic rings. The summed E-state index contributed by atoms with van der Waals surface area (Å²) in [5.74, 6) is 0.436. The number of nitrogens with zero attached hydrogens (tertiary/aromatic N) is 2. The van der Waals surface area contributed by atoms with E-state index in [1.807, 2.05) is 55.5 Å². The molecule has 2 N–H and O–H groups in total. The summed E-state index contributed by atoms with van der Waals surface area (Å²) in [5.41, 5.74) is 3.66. The van der Waals surface area contributed by atoms with E-state index < -0.39 is 0 Å². The number of hydrogen-bond donors (Lipinski definition) is 2. The number of amides is 2. The summed E-state index contributed by atoms with van der Waals surface area (Å²) in [6.07, 6.45) is 0. The van der Waals surface area contributed by atoms with Crippen LogP contribution in [0.15, 0.2) is 53.7 Å². The van der Waals surface area contributed by atoms with Gasteiger partial charge in [0.05, 0.1) is 17.6 Å². The molecule has 2 amide bonds. The van der Waals surface area contributed by atoms with Crippen molar-refractivity contribution in [3.05, 3.63) is 59.7 Å². The first-order chi connectivity index (χ1) is 13.1. The fourth-order valence-corrected chi connectivity index (χ4v) is 3.50. The number of rotatable bonds is 7. The van der Waals surface area contributed by atoms with Crippen LogP contribution >= 0.6 is 11.8 Å². The first kappa shape index (κ1) is 19.0. The zero-order valence-corrected chi connectivity index (χ0v) is 16.2. The highest BCUT2D eigenvalue weighted by Gasteiger charge is 2.16. The number of aromatic nitrogens is 2. The predicted octanol–water partition coefficient (Wildman–Crippen LogP) is 3.06. The summed E-state index contributed by atoms with van der Waals surface area (Å²) in [5, 5.41) is 3.42. The zero-order valence-electron chi connectivity index (χ0n) is 15.4. The number of likely N-dealkylation sites (N-methyl/N-ethyl adjacent to an activating group) is 2. The van der Waals surface area contributed by atoms with E-state index in [2.05, 4.69) is 15.3 Å². The van der Waals surface area contributed by atoms with E-state index in [1.165, 1.54) is 4.90 Å². The summed E-state index contributed by atoms with van der Waals surface area (Å²) in [4.78, 5) is 33.5. The minimum absolute atomic E-state index is 0.0650. The van der Waals surface area contributed by atoms with Crippen molar-refractivity contribution in [2.24, 2.45) is 0 Å². The standard InChI is InChI=1S/C20H22N4O2S/c1-3-24(12-18(25)21-2)19(26)15-10-8-14(9-11-15)13-27-20-22-16-6-4-5-7-17(16)23-20/h4-11H,3,12-13H2,1-2H3,(H,21,25)(H,22,23). The molecule has 1 heterocycles. The topological polar surface area (TPSA) is 78.1 Å². The fourth-order valence-electron chi connectivity index (χ4n) is 2.66. The third kappa shape index (κ3) is 4.68. The van der Waals surface area contributed by atoms with Crippen LogP contribution in [-0.4, -0.2) is 46.8 Å². The highest BCUT2D eigenvalue weighted by molar-refractivity contribution is 7.98. The van der Waals surface area contributed by atoms with Crippen LogP contribution in [0, 0.1) is 0 Å². The monoisotopic (exact) mass is 382 g/mol. The highest BCUT2D eigenvalue weighted by Crippen LogP contribution is 2.23. The quantitative estimate of drug-likeness (QED) is 0.616. The smallest absolute Gasteiger partial charge is 0.254 e. The number of aromatic amines is 1. The summed E-state index contributed by atoms with van der Waals surface area (Å²) in [6, 6.07) is 15.4. The molecule has 140 valence electrons. The van der Waals surface area contributed by atoms with Gasteiger partial charge in [-0.1, -0.05) is 36.0 Å². The van der Waals surface area contributed by atoms with Gasteiger partial charge in [-0.25, -0.2) is 4.98 Å². The molecule has 0 atom stereocenters. The van der Waals surface area contributed by atoms with E-state index in [1.54, 1.807) is 18.8 Å². The molecule has 7 heteroatoms. The molecule has 0 unspecified atom stereocenters. The number of H-pyrrole nitrogens is 1. The van der Waals surface area contributed by atoms with Gasteiger partial charge in [-0.2, -0.15) is 0 Å². The largest absolute Gasteiger partial charge is 0.358 e. The van der Waals surface area contributed by atoms with Crippen LogP contribution in [-0.2, 0) is 10.5 Å². The van der Waals surface area contributed by atoms with E-state index in [0.29, 0.717) is 12.1 Å². The lowest BCUT2D eigenvalue weighted by Crippen LogP contribution is -2.39. The molecular formula is C20H22N4O2S. The number of hydrogen-bond acceptors (Lipinski definition) is 4. The van der Waals surface area contributed by atoms with Gasteiger partial charge in [0, 0.05) is 24.9 Å². The van der Waals surface area contributed by atoms with Gasteiger partial charge in [0.25, 0.3) is 5.91 Å². The highest BCUT2D eigenvalue weighted by atomic mass is 32.2. The normalized spacial score (nSPS) is 10.7. The fraction of sp³-hybridized carbons (Fsp3) is 0.250. The Morgan fingerprint density at radius 1 is 1.15 bits per heavy atom. The molecule has 0 aliphatic carbocycles. The van der Waals surface area contributed by atoms with Gasteiger partial charge in [0.2, 0.25) is 5.91 Å². The van der Waals surface area contributed by atoms with Crippen molar-refractivity contribution in [2.45, 2.75) is 17.8 Å². The summed E-state index contributed by atoms with van der Waals surface area (Å²) in [6.45, 7) is 2.41. The van der Waals surface area contributed by atoms with Gasteiger partial charge in [0.1, 0.15) is 0 Å². The van der Waals surface area contributed by atoms with E-state index in [9.17, 15) is 9.59 Å². The van der Waals surface area contributed by atoms with Gasteiger partial charge in [-0.15, -0.1) is 0 Å². The third-order valence-corrected chi connectivity index (χ3v) is 5.17. The number of carbonyl (C=O) groups excluding carboxylic acids is 2. The average Bonchev–Trinajstić information content (AvgIpc) is 3.13. The Morgan fingerprint density at radius 3 is 2.56 bits per heavy atom. The van der Waals surface area contributed by atoms with Gasteiger partial charge in [0.15, 0.2) is 5.16 Å². The first-order valence-corrected chi connectivity index (χ1v) is 9.75. The van der Waals surface area contributed by atoms with Crippen molar-refractivity contribution >= 4 is 34.6 Å². The molecule has 0 radical (unpaired) electrons. The Hall–Kier alpha value is -2.80. The summed E-state index contributed by atoms with van der Waals surface area (Å²) >= 11 is 1.62. The van der Waals surface area contributed by atoms with Crippen LogP contribution in [0.3, 0.4) is 0 Å². The molecule has 0 aliphatic heterocycles. The van der Waals surface area contributed by atoms with E-state index in [4.69, 9.17) is 0 Å². The van der Waals surface area contributed by atoms with Gasteiger partial charge >= 0.3 is 0 Å². The number of imidazole rings is 1. The average molecular weight is 382 g/mol. The first-order valence-electron chi connectivity index (χ1n) is 8.77. The van der Waals surface area contributed by atoms with Crippen LogP contribution in [0.2, 0.25) is 0 Å². The van der Waals surface area contributed by atoms with Crippen LogP contribution in [0.25, 0.3) is 11.0 Å². The van der Waals surface area contributed by atoms with E-state index in [-0.39, 0.29) is 18.4 Å². The molecule has 27 heavy (non-hydrogen) atoms. The second-order valence-corrected chi connectivity index (χ2v) is 7.00. The molecule has 0 spiro atoms. The van der Waals surface area contributed by atoms with Crippen molar-refractivity contribution in [2.75, 3.05) is 20.1 Å².